The van der Waals surface area contributed by atoms with Gasteiger partial charge in [0.2, 0.25) is 0 Å². The quantitative estimate of drug-likeness (QED) is 0.616. The van der Waals surface area contributed by atoms with Crippen molar-refractivity contribution >= 4 is 21.9 Å². The minimum atomic E-state index is -4.54. The van der Waals surface area contributed by atoms with Gasteiger partial charge < -0.3 is 4.74 Å². The highest BCUT2D eigenvalue weighted by Gasteiger charge is 2.34. The second kappa shape index (κ2) is 6.75. The van der Waals surface area contributed by atoms with Gasteiger partial charge in [0.05, 0.1) is 30.2 Å². The van der Waals surface area contributed by atoms with E-state index >= 15 is 0 Å². The van der Waals surface area contributed by atoms with Crippen LogP contribution in [-0.4, -0.2) is 12.6 Å². The summed E-state index contributed by atoms with van der Waals surface area (Å²) in [5, 5.41) is 8.91. The maximum atomic E-state index is 12.8. The van der Waals surface area contributed by atoms with Crippen molar-refractivity contribution < 1.29 is 22.7 Å². The molecule has 1 aromatic carbocycles. The Morgan fingerprint density at radius 3 is 2.50 bits per heavy atom. The SMILES string of the molecule is CCOC(=O)Cc1cc(CBr)c(C(F)(F)F)cc1C#N. The molecular formula is C13H11BrF3NO2. The normalized spacial score (nSPS) is 11.0. The Morgan fingerprint density at radius 1 is 1.40 bits per heavy atom. The van der Waals surface area contributed by atoms with Crippen LogP contribution in [0.1, 0.15) is 29.2 Å². The molecule has 0 radical (unpaired) electrons. The zero-order valence-corrected chi connectivity index (χ0v) is 12.1. The highest BCUT2D eigenvalue weighted by Crippen LogP contribution is 2.34. The second-order valence-electron chi connectivity index (χ2n) is 3.89. The Hall–Kier alpha value is -1.55. The molecule has 0 amide bonds. The lowest BCUT2D eigenvalue weighted by molar-refractivity contribution is -0.142. The summed E-state index contributed by atoms with van der Waals surface area (Å²) in [6, 6.07) is 3.67. The Bertz CT molecular complexity index is 550. The summed E-state index contributed by atoms with van der Waals surface area (Å²) in [6.45, 7) is 1.80. The lowest BCUT2D eigenvalue weighted by Gasteiger charge is -2.14. The van der Waals surface area contributed by atoms with E-state index in [-0.39, 0.29) is 35.0 Å². The van der Waals surface area contributed by atoms with E-state index in [1.165, 1.54) is 6.07 Å². The molecule has 0 aliphatic heterocycles. The number of rotatable bonds is 4. The maximum absolute atomic E-state index is 12.8. The van der Waals surface area contributed by atoms with Crippen molar-refractivity contribution in [2.24, 2.45) is 0 Å². The number of esters is 1. The molecule has 3 nitrogen and oxygen atoms in total. The molecule has 0 unspecified atom stereocenters. The third-order valence-corrected chi connectivity index (χ3v) is 3.14. The number of nitrogens with zero attached hydrogens (tertiary/aromatic N) is 1. The largest absolute Gasteiger partial charge is 0.466 e. The maximum Gasteiger partial charge on any atom is 0.416 e. The van der Waals surface area contributed by atoms with Crippen LogP contribution < -0.4 is 0 Å². The van der Waals surface area contributed by atoms with Gasteiger partial charge in [-0.15, -0.1) is 0 Å². The number of nitriles is 1. The smallest absolute Gasteiger partial charge is 0.416 e. The number of ether oxygens (including phenoxy) is 1. The number of carbonyl (C=O) groups is 1. The standard InChI is InChI=1S/C13H11BrF3NO2/c1-2-20-12(19)5-8-3-9(6-14)11(13(15,16)17)4-10(8)7-18/h3-4H,2,5-6H2,1H3. The Balaban J connectivity index is 3.27. The van der Waals surface area contributed by atoms with Crippen LogP contribution >= 0.6 is 15.9 Å². The molecule has 7 heteroatoms. The van der Waals surface area contributed by atoms with Crippen molar-refractivity contribution in [3.05, 3.63) is 34.4 Å². The molecule has 1 aromatic rings. The number of hydrogen-bond acceptors (Lipinski definition) is 3. The van der Waals surface area contributed by atoms with Crippen molar-refractivity contribution in [1.82, 2.24) is 0 Å². The minimum absolute atomic E-state index is 0.0178. The topological polar surface area (TPSA) is 50.1 Å². The van der Waals surface area contributed by atoms with Crippen LogP contribution in [0, 0.1) is 11.3 Å². The molecule has 0 spiro atoms. The average molecular weight is 350 g/mol. The van der Waals surface area contributed by atoms with E-state index in [1.807, 2.05) is 0 Å². The lowest BCUT2D eigenvalue weighted by Crippen LogP contribution is -2.13. The number of hydrogen-bond donors (Lipinski definition) is 0. The summed E-state index contributed by atoms with van der Waals surface area (Å²) in [5.74, 6) is -0.579. The molecule has 0 fully saturated rings. The lowest BCUT2D eigenvalue weighted by atomic mass is 9.97. The van der Waals surface area contributed by atoms with Crippen molar-refractivity contribution in [2.45, 2.75) is 24.9 Å². The first-order valence-corrected chi connectivity index (χ1v) is 6.80. The number of alkyl halides is 4. The molecule has 0 bridgehead atoms. The van der Waals surface area contributed by atoms with Gasteiger partial charge in [-0.25, -0.2) is 0 Å². The second-order valence-corrected chi connectivity index (χ2v) is 4.45. The summed E-state index contributed by atoms with van der Waals surface area (Å²) in [7, 11) is 0. The van der Waals surface area contributed by atoms with E-state index in [2.05, 4.69) is 15.9 Å². The van der Waals surface area contributed by atoms with Gasteiger partial charge in [0.15, 0.2) is 0 Å². The Kier molecular flexibility index (Phi) is 5.57. The molecule has 0 aromatic heterocycles. The van der Waals surface area contributed by atoms with Gasteiger partial charge in [-0.05, 0) is 24.1 Å². The Labute approximate surface area is 122 Å². The van der Waals surface area contributed by atoms with Crippen LogP contribution in [-0.2, 0) is 27.5 Å². The summed E-state index contributed by atoms with van der Waals surface area (Å²) < 4.78 is 43.3. The van der Waals surface area contributed by atoms with E-state index in [4.69, 9.17) is 10.00 Å². The molecule has 0 atom stereocenters. The summed E-state index contributed by atoms with van der Waals surface area (Å²) in [4.78, 5) is 11.4. The van der Waals surface area contributed by atoms with E-state index in [0.717, 1.165) is 6.07 Å². The summed E-state index contributed by atoms with van der Waals surface area (Å²) in [5.41, 5.74) is -0.835. The zero-order chi connectivity index (χ0) is 15.3. The van der Waals surface area contributed by atoms with Crippen LogP contribution in [0.4, 0.5) is 13.2 Å². The van der Waals surface area contributed by atoms with E-state index in [9.17, 15) is 18.0 Å². The highest BCUT2D eigenvalue weighted by atomic mass is 79.9. The van der Waals surface area contributed by atoms with Gasteiger partial charge in [-0.3, -0.25) is 4.79 Å². The van der Waals surface area contributed by atoms with Gasteiger partial charge in [-0.1, -0.05) is 22.0 Å². The van der Waals surface area contributed by atoms with Crippen molar-refractivity contribution in [1.29, 1.82) is 5.26 Å². The predicted molar refractivity (Wildman–Crippen MR) is 69.1 cm³/mol. The fourth-order valence-electron chi connectivity index (χ4n) is 1.69. The third kappa shape index (κ3) is 3.97. The minimum Gasteiger partial charge on any atom is -0.466 e. The molecule has 108 valence electrons. The molecule has 0 aliphatic rings. The van der Waals surface area contributed by atoms with Gasteiger partial charge in [0.25, 0.3) is 0 Å². The van der Waals surface area contributed by atoms with Crippen molar-refractivity contribution in [3.63, 3.8) is 0 Å². The first-order valence-electron chi connectivity index (χ1n) is 5.68. The van der Waals surface area contributed by atoms with Gasteiger partial charge in [-0.2, -0.15) is 18.4 Å². The molecule has 20 heavy (non-hydrogen) atoms. The molecule has 0 saturated carbocycles. The molecule has 1 rings (SSSR count). The van der Waals surface area contributed by atoms with E-state index < -0.39 is 17.7 Å². The molecule has 0 saturated heterocycles. The first kappa shape index (κ1) is 16.5. The first-order chi connectivity index (χ1) is 9.33. The Morgan fingerprint density at radius 2 is 2.05 bits per heavy atom. The summed E-state index contributed by atoms with van der Waals surface area (Å²) in [6.07, 6.45) is -4.77. The van der Waals surface area contributed by atoms with Crippen LogP contribution in [0.3, 0.4) is 0 Å². The summed E-state index contributed by atoms with van der Waals surface area (Å²) >= 11 is 2.98. The van der Waals surface area contributed by atoms with E-state index in [1.54, 1.807) is 13.0 Å². The monoisotopic (exact) mass is 349 g/mol. The van der Waals surface area contributed by atoms with Crippen molar-refractivity contribution in [2.75, 3.05) is 6.61 Å². The number of halogens is 4. The van der Waals surface area contributed by atoms with Gasteiger partial charge in [0, 0.05) is 5.33 Å². The highest BCUT2D eigenvalue weighted by molar-refractivity contribution is 9.08. The predicted octanol–water partition coefficient (Wildman–Crippen LogP) is 3.58. The van der Waals surface area contributed by atoms with Crippen LogP contribution in [0.2, 0.25) is 0 Å². The third-order valence-electron chi connectivity index (χ3n) is 2.54. The van der Waals surface area contributed by atoms with Gasteiger partial charge in [0.1, 0.15) is 0 Å². The van der Waals surface area contributed by atoms with Crippen LogP contribution in [0.5, 0.6) is 0 Å². The average Bonchev–Trinajstić information content (AvgIpc) is 2.37. The zero-order valence-electron chi connectivity index (χ0n) is 10.6. The molecule has 0 N–H and O–H groups in total. The van der Waals surface area contributed by atoms with Gasteiger partial charge >= 0.3 is 12.1 Å². The number of carbonyl (C=O) groups excluding carboxylic acids is 1. The molecule has 0 heterocycles. The fourth-order valence-corrected chi connectivity index (χ4v) is 2.15. The fraction of sp³-hybridized carbons (Fsp3) is 0.385. The molecular weight excluding hydrogens is 339 g/mol. The van der Waals surface area contributed by atoms with E-state index in [0.29, 0.717) is 0 Å². The number of benzene rings is 1. The molecule has 0 aliphatic carbocycles. The van der Waals surface area contributed by atoms with Crippen molar-refractivity contribution in [3.8, 4) is 6.07 Å². The van der Waals surface area contributed by atoms with Crippen LogP contribution in [0.25, 0.3) is 0 Å². The van der Waals surface area contributed by atoms with Crippen LogP contribution in [0.15, 0.2) is 12.1 Å².